The summed E-state index contributed by atoms with van der Waals surface area (Å²) in [6.07, 6.45) is -6.50. The Morgan fingerprint density at radius 3 is 2.14 bits per heavy atom. The molecule has 0 aliphatic carbocycles. The zero-order valence-electron chi connectivity index (χ0n) is 18.3. The first kappa shape index (κ1) is 26.0. The number of anilines is 1. The van der Waals surface area contributed by atoms with E-state index in [4.69, 9.17) is 0 Å². The second-order valence-corrected chi connectivity index (χ2v) is 9.01. The number of hydrogen-bond donors (Lipinski definition) is 1. The summed E-state index contributed by atoms with van der Waals surface area (Å²) in [4.78, 5) is 4.07. The number of nitrogens with zero attached hydrogens (tertiary/aromatic N) is 3. The van der Waals surface area contributed by atoms with Crippen molar-refractivity contribution in [3.8, 4) is 11.3 Å². The third-order valence-corrected chi connectivity index (χ3v) is 6.52. The van der Waals surface area contributed by atoms with E-state index in [2.05, 4.69) is 10.1 Å². The van der Waals surface area contributed by atoms with Gasteiger partial charge in [-0.15, -0.1) is 11.3 Å². The van der Waals surface area contributed by atoms with E-state index in [1.54, 1.807) is 30.3 Å². The predicted molar refractivity (Wildman–Crippen MR) is 118 cm³/mol. The Kier molecular flexibility index (Phi) is 6.36. The Morgan fingerprint density at radius 2 is 1.56 bits per heavy atom. The number of aliphatic hydroxyl groups is 1. The fraction of sp³-hybridized carbons (Fsp3) is 0.304. The molecule has 13 heteroatoms. The highest BCUT2D eigenvalue weighted by Crippen LogP contribution is 2.56. The van der Waals surface area contributed by atoms with Crippen LogP contribution in [0.5, 0.6) is 0 Å². The number of aromatic nitrogens is 1. The van der Waals surface area contributed by atoms with Gasteiger partial charge in [0.1, 0.15) is 0 Å². The molecule has 0 radical (unpaired) electrons. The van der Waals surface area contributed by atoms with Crippen LogP contribution in [-0.4, -0.2) is 45.7 Å². The van der Waals surface area contributed by atoms with Gasteiger partial charge in [0.2, 0.25) is 10.9 Å². The fourth-order valence-electron chi connectivity index (χ4n) is 3.60. The molecule has 0 saturated heterocycles. The standard InChI is InChI=1S/C23H17F8N3OS/c1-13-7-9-15(10-8-13)17-12-36-19(32-17)34-20(35,11-16(33-34)14-5-3-2-4-6-14)22(28,29)23(30,31)21(26,27)18(24)25/h2-10,12,18,35H,11H2,1H3. The molecule has 0 saturated carbocycles. The van der Waals surface area contributed by atoms with Crippen molar-refractivity contribution in [1.29, 1.82) is 0 Å². The Labute approximate surface area is 203 Å². The lowest BCUT2D eigenvalue weighted by molar-refractivity contribution is -0.372. The zero-order valence-corrected chi connectivity index (χ0v) is 19.1. The van der Waals surface area contributed by atoms with Crippen molar-refractivity contribution < 1.29 is 40.2 Å². The van der Waals surface area contributed by atoms with Gasteiger partial charge >= 0.3 is 24.2 Å². The third-order valence-electron chi connectivity index (χ3n) is 5.70. The van der Waals surface area contributed by atoms with Crippen LogP contribution in [0.1, 0.15) is 17.5 Å². The molecule has 2 aromatic carbocycles. The first-order valence-corrected chi connectivity index (χ1v) is 11.2. The number of hydrogen-bond acceptors (Lipinski definition) is 5. The Balaban J connectivity index is 1.83. The quantitative estimate of drug-likeness (QED) is 0.347. The van der Waals surface area contributed by atoms with Gasteiger partial charge in [-0.2, -0.15) is 36.5 Å². The van der Waals surface area contributed by atoms with Crippen molar-refractivity contribution in [2.24, 2.45) is 5.10 Å². The molecule has 1 aliphatic rings. The summed E-state index contributed by atoms with van der Waals surface area (Å²) in [6, 6.07) is 14.0. The van der Waals surface area contributed by atoms with Crippen LogP contribution in [0.2, 0.25) is 0 Å². The van der Waals surface area contributed by atoms with E-state index in [0.29, 0.717) is 16.9 Å². The summed E-state index contributed by atoms with van der Waals surface area (Å²) in [5.41, 5.74) is -2.77. The number of aryl methyl sites for hydroxylation is 1. The smallest absolute Gasteiger partial charge is 0.364 e. The van der Waals surface area contributed by atoms with Crippen molar-refractivity contribution in [2.75, 3.05) is 5.01 Å². The SMILES string of the molecule is Cc1ccc(-c2csc(N3N=C(c4ccccc4)CC3(O)C(F)(F)C(F)(F)C(F)(F)C(F)F)n2)cc1. The van der Waals surface area contributed by atoms with Gasteiger partial charge in [0.15, 0.2) is 0 Å². The number of thiazole rings is 1. The molecule has 1 aliphatic heterocycles. The first-order valence-electron chi connectivity index (χ1n) is 10.3. The highest BCUT2D eigenvalue weighted by atomic mass is 32.1. The van der Waals surface area contributed by atoms with Crippen LogP contribution in [-0.2, 0) is 0 Å². The van der Waals surface area contributed by atoms with Crippen LogP contribution in [0.3, 0.4) is 0 Å². The second kappa shape index (κ2) is 8.80. The summed E-state index contributed by atoms with van der Waals surface area (Å²) < 4.78 is 112. The molecule has 1 atom stereocenters. The number of hydrazone groups is 1. The first-order chi connectivity index (χ1) is 16.7. The Hall–Kier alpha value is -3.06. The van der Waals surface area contributed by atoms with Crippen LogP contribution in [0.15, 0.2) is 65.1 Å². The minimum atomic E-state index is -6.65. The van der Waals surface area contributed by atoms with Gasteiger partial charge in [-0.05, 0) is 12.5 Å². The molecular formula is C23H17F8N3OS. The van der Waals surface area contributed by atoms with Crippen LogP contribution in [0, 0.1) is 6.92 Å². The number of alkyl halides is 8. The lowest BCUT2D eigenvalue weighted by atomic mass is 9.89. The van der Waals surface area contributed by atoms with Gasteiger partial charge in [0, 0.05) is 17.4 Å². The topological polar surface area (TPSA) is 48.7 Å². The lowest BCUT2D eigenvalue weighted by Crippen LogP contribution is -2.70. The van der Waals surface area contributed by atoms with E-state index >= 15 is 8.78 Å². The molecule has 0 fully saturated rings. The maximum atomic E-state index is 15.2. The van der Waals surface area contributed by atoms with Crippen LogP contribution < -0.4 is 5.01 Å². The Morgan fingerprint density at radius 1 is 0.944 bits per heavy atom. The van der Waals surface area contributed by atoms with Crippen LogP contribution in [0.4, 0.5) is 40.3 Å². The average Bonchev–Trinajstić information content (AvgIpc) is 3.45. The summed E-state index contributed by atoms with van der Waals surface area (Å²) >= 11 is 0.620. The number of benzene rings is 2. The minimum absolute atomic E-state index is 0.00709. The van der Waals surface area contributed by atoms with Crippen LogP contribution >= 0.6 is 11.3 Å². The molecule has 0 bridgehead atoms. The lowest BCUT2D eigenvalue weighted by Gasteiger charge is -2.42. The van der Waals surface area contributed by atoms with Crippen molar-refractivity contribution in [3.05, 3.63) is 71.1 Å². The molecule has 1 unspecified atom stereocenters. The fourth-order valence-corrected chi connectivity index (χ4v) is 4.45. The summed E-state index contributed by atoms with van der Waals surface area (Å²) in [5, 5.41) is 15.6. The molecule has 0 spiro atoms. The summed E-state index contributed by atoms with van der Waals surface area (Å²) in [5.74, 6) is -19.2. The van der Waals surface area contributed by atoms with Crippen molar-refractivity contribution >= 4 is 22.2 Å². The van der Waals surface area contributed by atoms with Gasteiger partial charge in [0.25, 0.3) is 0 Å². The number of halogens is 8. The van der Waals surface area contributed by atoms with Crippen molar-refractivity contribution in [2.45, 2.75) is 43.3 Å². The van der Waals surface area contributed by atoms with E-state index in [1.165, 1.54) is 29.6 Å². The molecule has 1 N–H and O–H groups in total. The molecule has 36 heavy (non-hydrogen) atoms. The zero-order chi connectivity index (χ0) is 26.5. The largest absolute Gasteiger partial charge is 0.382 e. The number of rotatable bonds is 7. The summed E-state index contributed by atoms with van der Waals surface area (Å²) in [7, 11) is 0. The molecule has 4 rings (SSSR count). The van der Waals surface area contributed by atoms with E-state index in [-0.39, 0.29) is 22.0 Å². The van der Waals surface area contributed by atoms with Gasteiger partial charge in [0.05, 0.1) is 11.4 Å². The van der Waals surface area contributed by atoms with Crippen LogP contribution in [0.25, 0.3) is 11.3 Å². The van der Waals surface area contributed by atoms with Gasteiger partial charge in [-0.3, -0.25) is 0 Å². The predicted octanol–water partition coefficient (Wildman–Crippen LogP) is 6.59. The van der Waals surface area contributed by atoms with E-state index in [9.17, 15) is 31.4 Å². The molecule has 4 nitrogen and oxygen atoms in total. The molecule has 1 aromatic heterocycles. The maximum absolute atomic E-state index is 15.2. The molecule has 2 heterocycles. The van der Waals surface area contributed by atoms with Gasteiger partial charge < -0.3 is 5.11 Å². The van der Waals surface area contributed by atoms with E-state index in [0.717, 1.165) is 5.56 Å². The van der Waals surface area contributed by atoms with Gasteiger partial charge in [-0.1, -0.05) is 60.2 Å². The normalized spacial score (nSPS) is 19.2. The van der Waals surface area contributed by atoms with E-state index in [1.807, 2.05) is 6.92 Å². The summed E-state index contributed by atoms with van der Waals surface area (Å²) in [6.45, 7) is 1.82. The third kappa shape index (κ3) is 3.94. The Bertz CT molecular complexity index is 1260. The maximum Gasteiger partial charge on any atom is 0.382 e. The van der Waals surface area contributed by atoms with Gasteiger partial charge in [-0.25, -0.2) is 13.8 Å². The highest BCUT2D eigenvalue weighted by Gasteiger charge is 2.83. The van der Waals surface area contributed by atoms with E-state index < -0.39 is 41.5 Å². The molecule has 192 valence electrons. The second-order valence-electron chi connectivity index (χ2n) is 8.17. The minimum Gasteiger partial charge on any atom is -0.364 e. The monoisotopic (exact) mass is 535 g/mol. The molecule has 3 aromatic rings. The highest BCUT2D eigenvalue weighted by molar-refractivity contribution is 7.14. The molecular weight excluding hydrogens is 518 g/mol. The van der Waals surface area contributed by atoms with Crippen molar-refractivity contribution in [3.63, 3.8) is 0 Å². The molecule has 0 amide bonds. The van der Waals surface area contributed by atoms with Crippen molar-refractivity contribution in [1.82, 2.24) is 4.98 Å². The average molecular weight is 535 g/mol.